The minimum absolute atomic E-state index is 0.200. The van der Waals surface area contributed by atoms with Crippen LogP contribution in [0, 0.1) is 10.8 Å². The third-order valence-corrected chi connectivity index (χ3v) is 5.16. The van der Waals surface area contributed by atoms with Crippen LogP contribution < -0.4 is 0 Å². The molecule has 0 amide bonds. The molecule has 0 saturated heterocycles. The molecule has 0 aliphatic heterocycles. The van der Waals surface area contributed by atoms with Gasteiger partial charge in [0.15, 0.2) is 0 Å². The van der Waals surface area contributed by atoms with E-state index in [1.165, 1.54) is 18.5 Å². The van der Waals surface area contributed by atoms with E-state index in [-0.39, 0.29) is 11.5 Å². The molecule has 1 saturated carbocycles. The molecule has 1 aromatic heterocycles. The van der Waals surface area contributed by atoms with Crippen molar-refractivity contribution in [3.8, 4) is 0 Å². The Morgan fingerprint density at radius 2 is 2.15 bits per heavy atom. The average Bonchev–Trinajstić information content (AvgIpc) is 3.02. The number of hydrogen-bond acceptors (Lipinski definition) is 2. The smallest absolute Gasteiger partial charge is 0.0812 e. The van der Waals surface area contributed by atoms with Crippen molar-refractivity contribution in [2.45, 2.75) is 58.6 Å². The number of nitrogens with zero attached hydrogens (tertiary/aromatic N) is 1. The molecule has 2 aliphatic rings. The van der Waals surface area contributed by atoms with Crippen molar-refractivity contribution in [1.82, 2.24) is 4.57 Å². The van der Waals surface area contributed by atoms with Crippen LogP contribution >= 0.6 is 0 Å². The fourth-order valence-electron chi connectivity index (χ4n) is 3.68. The van der Waals surface area contributed by atoms with Gasteiger partial charge in [0, 0.05) is 37.7 Å². The molecule has 1 heterocycles. The molecular formula is C17H27NO2. The fourth-order valence-corrected chi connectivity index (χ4v) is 3.68. The topological polar surface area (TPSA) is 34.4 Å². The Morgan fingerprint density at radius 3 is 2.80 bits per heavy atom. The van der Waals surface area contributed by atoms with Crippen molar-refractivity contribution in [3.05, 3.63) is 23.5 Å². The number of aliphatic hydroxyl groups is 1. The van der Waals surface area contributed by atoms with Gasteiger partial charge in [0.25, 0.3) is 0 Å². The van der Waals surface area contributed by atoms with Gasteiger partial charge in [0.1, 0.15) is 0 Å². The number of ether oxygens (including phenoxy) is 1. The molecule has 3 heteroatoms. The molecule has 2 aliphatic carbocycles. The maximum Gasteiger partial charge on any atom is 0.0812 e. The van der Waals surface area contributed by atoms with Crippen LogP contribution in [0.5, 0.6) is 0 Å². The van der Waals surface area contributed by atoms with Crippen LogP contribution in [0.25, 0.3) is 0 Å². The minimum Gasteiger partial charge on any atom is -0.388 e. The van der Waals surface area contributed by atoms with Crippen molar-refractivity contribution in [2.75, 3.05) is 13.7 Å². The molecule has 1 N–H and O–H groups in total. The van der Waals surface area contributed by atoms with Crippen LogP contribution in [-0.4, -0.2) is 23.4 Å². The second-order valence-corrected chi connectivity index (χ2v) is 7.65. The zero-order valence-electron chi connectivity index (χ0n) is 13.0. The number of aromatic nitrogens is 1. The lowest BCUT2D eigenvalue weighted by Crippen LogP contribution is -2.27. The fraction of sp³-hybridized carbons (Fsp3) is 0.765. The van der Waals surface area contributed by atoms with Gasteiger partial charge < -0.3 is 14.4 Å². The Balaban J connectivity index is 1.79. The first-order chi connectivity index (χ1) is 9.45. The van der Waals surface area contributed by atoms with E-state index in [4.69, 9.17) is 4.74 Å². The third kappa shape index (κ3) is 2.66. The number of fused-ring (bicyclic) bond motifs is 1. The molecule has 3 nitrogen and oxygen atoms in total. The second-order valence-electron chi connectivity index (χ2n) is 7.65. The highest BCUT2D eigenvalue weighted by Crippen LogP contribution is 2.51. The maximum atomic E-state index is 10.3. The highest BCUT2D eigenvalue weighted by Gasteiger charge is 2.43. The van der Waals surface area contributed by atoms with E-state index >= 15 is 0 Å². The molecule has 3 rings (SSSR count). The van der Waals surface area contributed by atoms with E-state index < -0.39 is 0 Å². The van der Waals surface area contributed by atoms with Gasteiger partial charge in [0.2, 0.25) is 0 Å². The molecule has 1 aromatic rings. The van der Waals surface area contributed by atoms with E-state index in [1.807, 2.05) is 0 Å². The lowest BCUT2D eigenvalue weighted by Gasteiger charge is -2.34. The summed E-state index contributed by atoms with van der Waals surface area (Å²) in [5.41, 5.74) is 3.17. The summed E-state index contributed by atoms with van der Waals surface area (Å²) < 4.78 is 7.66. The van der Waals surface area contributed by atoms with Gasteiger partial charge in [-0.2, -0.15) is 0 Å². The Morgan fingerprint density at radius 1 is 1.40 bits per heavy atom. The highest BCUT2D eigenvalue weighted by atomic mass is 16.5. The normalized spacial score (nSPS) is 26.3. The summed E-state index contributed by atoms with van der Waals surface area (Å²) in [6, 6.07) is 2.13. The van der Waals surface area contributed by atoms with E-state index in [0.717, 1.165) is 38.0 Å². The van der Waals surface area contributed by atoms with Crippen LogP contribution in [-0.2, 0) is 17.7 Å². The Labute approximate surface area is 121 Å². The van der Waals surface area contributed by atoms with Gasteiger partial charge in [0.05, 0.1) is 6.10 Å². The molecule has 0 spiro atoms. The van der Waals surface area contributed by atoms with Gasteiger partial charge in [-0.05, 0) is 49.0 Å². The molecule has 1 unspecified atom stereocenters. The minimum atomic E-state index is -0.288. The molecule has 20 heavy (non-hydrogen) atoms. The summed E-state index contributed by atoms with van der Waals surface area (Å²) in [4.78, 5) is 0. The summed E-state index contributed by atoms with van der Waals surface area (Å²) in [5, 5.41) is 10.3. The zero-order valence-corrected chi connectivity index (χ0v) is 13.0. The second kappa shape index (κ2) is 4.88. The van der Waals surface area contributed by atoms with E-state index in [2.05, 4.69) is 30.7 Å². The summed E-state index contributed by atoms with van der Waals surface area (Å²) in [7, 11) is 1.78. The molecule has 0 bridgehead atoms. The van der Waals surface area contributed by atoms with Crippen molar-refractivity contribution < 1.29 is 9.84 Å². The summed E-state index contributed by atoms with van der Waals surface area (Å²) >= 11 is 0. The quantitative estimate of drug-likeness (QED) is 0.896. The van der Waals surface area contributed by atoms with E-state index in [0.29, 0.717) is 5.41 Å². The summed E-state index contributed by atoms with van der Waals surface area (Å²) in [6.07, 6.45) is 7.63. The molecular weight excluding hydrogens is 250 g/mol. The van der Waals surface area contributed by atoms with Crippen LogP contribution in [0.4, 0.5) is 0 Å². The lowest BCUT2D eigenvalue weighted by atomic mass is 9.75. The number of methoxy groups -OCH3 is 1. The van der Waals surface area contributed by atoms with Gasteiger partial charge >= 0.3 is 0 Å². The largest absolute Gasteiger partial charge is 0.388 e. The van der Waals surface area contributed by atoms with Gasteiger partial charge in [-0.25, -0.2) is 0 Å². The van der Waals surface area contributed by atoms with Crippen molar-refractivity contribution in [1.29, 1.82) is 0 Å². The van der Waals surface area contributed by atoms with Gasteiger partial charge in [-0.3, -0.25) is 0 Å². The third-order valence-electron chi connectivity index (χ3n) is 5.16. The Hall–Kier alpha value is -0.800. The first-order valence-electron chi connectivity index (χ1n) is 7.80. The number of hydrogen-bond donors (Lipinski definition) is 1. The lowest BCUT2D eigenvalue weighted by molar-refractivity contribution is 0.0971. The highest BCUT2D eigenvalue weighted by molar-refractivity contribution is 5.29. The predicted octanol–water partition coefficient (Wildman–Crippen LogP) is 3.31. The van der Waals surface area contributed by atoms with E-state index in [1.54, 1.807) is 7.11 Å². The molecule has 1 atom stereocenters. The van der Waals surface area contributed by atoms with E-state index in [9.17, 15) is 5.11 Å². The summed E-state index contributed by atoms with van der Waals surface area (Å²) in [5.74, 6) is 0. The Bertz CT molecular complexity index is 485. The zero-order chi connectivity index (χ0) is 14.4. The van der Waals surface area contributed by atoms with Crippen LogP contribution in [0.1, 0.15) is 56.9 Å². The van der Waals surface area contributed by atoms with Crippen LogP contribution in [0.15, 0.2) is 12.3 Å². The molecule has 0 radical (unpaired) electrons. The average molecular weight is 277 g/mol. The molecule has 112 valence electrons. The van der Waals surface area contributed by atoms with Gasteiger partial charge in [-0.1, -0.05) is 13.8 Å². The molecule has 0 aromatic carbocycles. The number of rotatable bonds is 5. The Kier molecular flexibility index (Phi) is 3.46. The van der Waals surface area contributed by atoms with Crippen molar-refractivity contribution >= 4 is 0 Å². The van der Waals surface area contributed by atoms with Gasteiger partial charge in [-0.15, -0.1) is 0 Å². The maximum absolute atomic E-state index is 10.3. The molecule has 1 fully saturated rings. The first kappa shape index (κ1) is 14.2. The summed E-state index contributed by atoms with van der Waals surface area (Å²) in [6.45, 7) is 6.47. The predicted molar refractivity (Wildman–Crippen MR) is 79.7 cm³/mol. The SMILES string of the molecule is COCCC1(Cn2ccc3c2CC(C)(C)CC3O)CC1. The standard InChI is InChI=1S/C17H27NO2/c1-16(2)10-14-13(15(19)11-16)4-8-18(14)12-17(5-6-17)7-9-20-3/h4,8,15,19H,5-7,9-12H2,1-3H3. The van der Waals surface area contributed by atoms with Crippen molar-refractivity contribution in [2.24, 2.45) is 10.8 Å². The monoisotopic (exact) mass is 277 g/mol. The van der Waals surface area contributed by atoms with Crippen LogP contribution in [0.3, 0.4) is 0 Å². The number of aliphatic hydroxyl groups excluding tert-OH is 1. The first-order valence-corrected chi connectivity index (χ1v) is 7.80. The van der Waals surface area contributed by atoms with Crippen molar-refractivity contribution in [3.63, 3.8) is 0 Å². The van der Waals surface area contributed by atoms with Crippen LogP contribution in [0.2, 0.25) is 0 Å².